The van der Waals surface area contributed by atoms with Crippen LogP contribution in [0, 0.1) is 6.92 Å². The number of rotatable bonds is 4. The van der Waals surface area contributed by atoms with E-state index in [1.807, 2.05) is 12.3 Å². The molecule has 0 unspecified atom stereocenters. The van der Waals surface area contributed by atoms with Gasteiger partial charge in [-0.15, -0.1) is 22.9 Å². The Hall–Kier alpha value is -0.280. The largest absolute Gasteiger partial charge is 0.361 e. The molecule has 0 amide bonds. The first-order valence-electron chi connectivity index (χ1n) is 3.55. The average Bonchev–Trinajstić information content (AvgIpc) is 2.37. The molecular weight excluding hydrogens is 180 g/mol. The zero-order valence-corrected chi connectivity index (χ0v) is 8.00. The van der Waals surface area contributed by atoms with Gasteiger partial charge in [0.15, 0.2) is 5.13 Å². The number of thiazole rings is 1. The van der Waals surface area contributed by atoms with Crippen LogP contribution in [0.4, 0.5) is 5.13 Å². The van der Waals surface area contributed by atoms with E-state index < -0.39 is 0 Å². The van der Waals surface area contributed by atoms with Gasteiger partial charge >= 0.3 is 0 Å². The van der Waals surface area contributed by atoms with Gasteiger partial charge < -0.3 is 5.32 Å². The number of aryl methyl sites for hydroxylation is 1. The van der Waals surface area contributed by atoms with Gasteiger partial charge in [-0.1, -0.05) is 0 Å². The molecule has 1 heterocycles. The van der Waals surface area contributed by atoms with Crippen molar-refractivity contribution in [3.05, 3.63) is 11.1 Å². The summed E-state index contributed by atoms with van der Waals surface area (Å²) in [6.07, 6.45) is 0.986. The molecule has 1 aromatic rings. The Labute approximate surface area is 75.6 Å². The van der Waals surface area contributed by atoms with E-state index in [1.54, 1.807) is 11.3 Å². The van der Waals surface area contributed by atoms with Crippen molar-refractivity contribution >= 4 is 28.1 Å². The summed E-state index contributed by atoms with van der Waals surface area (Å²) in [5.74, 6) is 0.706. The third kappa shape index (κ3) is 3.08. The first-order chi connectivity index (χ1) is 5.33. The second-order valence-electron chi connectivity index (χ2n) is 2.26. The van der Waals surface area contributed by atoms with Crippen molar-refractivity contribution in [3.63, 3.8) is 0 Å². The van der Waals surface area contributed by atoms with Gasteiger partial charge in [-0.05, 0) is 13.3 Å². The summed E-state index contributed by atoms with van der Waals surface area (Å²) in [4.78, 5) is 4.25. The molecule has 0 bridgehead atoms. The van der Waals surface area contributed by atoms with Crippen LogP contribution in [0.1, 0.15) is 12.1 Å². The Morgan fingerprint density at radius 3 is 3.09 bits per heavy atom. The third-order valence-electron chi connectivity index (χ3n) is 1.21. The van der Waals surface area contributed by atoms with Crippen LogP contribution in [0.25, 0.3) is 0 Å². The zero-order chi connectivity index (χ0) is 8.10. The molecule has 4 heteroatoms. The standard InChI is InChI=1S/C7H11ClN2S/c1-6-5-11-7(10-6)9-4-2-3-8/h5H,2-4H2,1H3,(H,9,10). The number of hydrogen-bond acceptors (Lipinski definition) is 3. The van der Waals surface area contributed by atoms with E-state index in [1.165, 1.54) is 0 Å². The molecule has 1 N–H and O–H groups in total. The number of hydrogen-bond donors (Lipinski definition) is 1. The normalized spacial score (nSPS) is 10.0. The Bertz CT molecular complexity index is 212. The maximum absolute atomic E-state index is 5.52. The lowest BCUT2D eigenvalue weighted by Crippen LogP contribution is -2.01. The van der Waals surface area contributed by atoms with E-state index >= 15 is 0 Å². The molecule has 11 heavy (non-hydrogen) atoms. The van der Waals surface area contributed by atoms with Crippen molar-refractivity contribution in [3.8, 4) is 0 Å². The van der Waals surface area contributed by atoms with Crippen molar-refractivity contribution in [2.24, 2.45) is 0 Å². The molecule has 0 atom stereocenters. The lowest BCUT2D eigenvalue weighted by Gasteiger charge is -1.97. The summed E-state index contributed by atoms with van der Waals surface area (Å²) in [5.41, 5.74) is 1.07. The van der Waals surface area contributed by atoms with E-state index in [9.17, 15) is 0 Å². The van der Waals surface area contributed by atoms with Gasteiger partial charge in [0.05, 0.1) is 5.69 Å². The highest BCUT2D eigenvalue weighted by atomic mass is 35.5. The van der Waals surface area contributed by atoms with Crippen molar-refractivity contribution in [2.45, 2.75) is 13.3 Å². The minimum atomic E-state index is 0.706. The van der Waals surface area contributed by atoms with Crippen molar-refractivity contribution in [2.75, 3.05) is 17.7 Å². The first kappa shape index (κ1) is 8.81. The van der Waals surface area contributed by atoms with Crippen LogP contribution in [-0.2, 0) is 0 Å². The third-order valence-corrected chi connectivity index (χ3v) is 2.39. The second-order valence-corrected chi connectivity index (χ2v) is 3.50. The summed E-state index contributed by atoms with van der Waals surface area (Å²) in [6, 6.07) is 0. The van der Waals surface area contributed by atoms with Crippen molar-refractivity contribution < 1.29 is 0 Å². The van der Waals surface area contributed by atoms with Crippen LogP contribution in [0.2, 0.25) is 0 Å². The van der Waals surface area contributed by atoms with Gasteiger partial charge in [0, 0.05) is 17.8 Å². The Morgan fingerprint density at radius 1 is 1.73 bits per heavy atom. The molecular formula is C7H11ClN2S. The molecule has 0 radical (unpaired) electrons. The molecule has 62 valence electrons. The molecule has 0 aliphatic heterocycles. The molecule has 0 aliphatic carbocycles. The molecule has 0 fully saturated rings. The SMILES string of the molecule is Cc1csc(NCCCCl)n1. The van der Waals surface area contributed by atoms with Gasteiger partial charge in [0.2, 0.25) is 0 Å². The summed E-state index contributed by atoms with van der Waals surface area (Å²) in [7, 11) is 0. The monoisotopic (exact) mass is 190 g/mol. The topological polar surface area (TPSA) is 24.9 Å². The molecule has 0 saturated heterocycles. The minimum absolute atomic E-state index is 0.706. The fourth-order valence-electron chi connectivity index (χ4n) is 0.697. The van der Waals surface area contributed by atoms with Crippen LogP contribution in [0.5, 0.6) is 0 Å². The highest BCUT2D eigenvalue weighted by Gasteiger charge is 1.94. The lowest BCUT2D eigenvalue weighted by molar-refractivity contribution is 0.981. The van der Waals surface area contributed by atoms with Crippen LogP contribution >= 0.6 is 22.9 Å². The van der Waals surface area contributed by atoms with E-state index in [2.05, 4.69) is 10.3 Å². The minimum Gasteiger partial charge on any atom is -0.361 e. The van der Waals surface area contributed by atoms with E-state index in [0.717, 1.165) is 23.8 Å². The number of nitrogens with zero attached hydrogens (tertiary/aromatic N) is 1. The number of nitrogens with one attached hydrogen (secondary N) is 1. The van der Waals surface area contributed by atoms with Gasteiger partial charge in [-0.3, -0.25) is 0 Å². The summed E-state index contributed by atoms with van der Waals surface area (Å²) in [5, 5.41) is 6.21. The predicted molar refractivity (Wildman–Crippen MR) is 50.7 cm³/mol. The molecule has 0 aromatic carbocycles. The molecule has 0 spiro atoms. The Kier molecular flexibility index (Phi) is 3.66. The van der Waals surface area contributed by atoms with Gasteiger partial charge in [0.1, 0.15) is 0 Å². The molecule has 1 aromatic heterocycles. The second kappa shape index (κ2) is 4.57. The fourth-order valence-corrected chi connectivity index (χ4v) is 1.55. The summed E-state index contributed by atoms with van der Waals surface area (Å²) < 4.78 is 0. The first-order valence-corrected chi connectivity index (χ1v) is 4.96. The van der Waals surface area contributed by atoms with Crippen LogP contribution in [0.15, 0.2) is 5.38 Å². The molecule has 2 nitrogen and oxygen atoms in total. The average molecular weight is 191 g/mol. The maximum atomic E-state index is 5.52. The van der Waals surface area contributed by atoms with Gasteiger partial charge in [0.25, 0.3) is 0 Å². The van der Waals surface area contributed by atoms with Gasteiger partial charge in [-0.25, -0.2) is 4.98 Å². The summed E-state index contributed by atoms with van der Waals surface area (Å²) >= 11 is 7.15. The maximum Gasteiger partial charge on any atom is 0.182 e. The number of alkyl halides is 1. The Balaban J connectivity index is 2.27. The smallest absolute Gasteiger partial charge is 0.182 e. The predicted octanol–water partition coefficient (Wildman–Crippen LogP) is 2.49. The zero-order valence-electron chi connectivity index (χ0n) is 6.43. The molecule has 1 rings (SSSR count). The van der Waals surface area contributed by atoms with Crippen molar-refractivity contribution in [1.29, 1.82) is 0 Å². The van der Waals surface area contributed by atoms with Crippen LogP contribution in [-0.4, -0.2) is 17.4 Å². The van der Waals surface area contributed by atoms with E-state index in [-0.39, 0.29) is 0 Å². The van der Waals surface area contributed by atoms with Crippen molar-refractivity contribution in [1.82, 2.24) is 4.98 Å². The molecule has 0 saturated carbocycles. The fraction of sp³-hybridized carbons (Fsp3) is 0.571. The lowest BCUT2D eigenvalue weighted by atomic mass is 10.5. The van der Waals surface area contributed by atoms with E-state index in [0.29, 0.717) is 5.88 Å². The summed E-state index contributed by atoms with van der Waals surface area (Å²) in [6.45, 7) is 2.90. The number of anilines is 1. The number of halogens is 1. The molecule has 0 aliphatic rings. The number of aromatic nitrogens is 1. The van der Waals surface area contributed by atoms with Gasteiger partial charge in [-0.2, -0.15) is 0 Å². The highest BCUT2D eigenvalue weighted by Crippen LogP contribution is 2.13. The van der Waals surface area contributed by atoms with Crippen LogP contribution in [0.3, 0.4) is 0 Å². The van der Waals surface area contributed by atoms with E-state index in [4.69, 9.17) is 11.6 Å². The highest BCUT2D eigenvalue weighted by molar-refractivity contribution is 7.13. The Morgan fingerprint density at radius 2 is 2.55 bits per heavy atom. The quantitative estimate of drug-likeness (QED) is 0.583. The van der Waals surface area contributed by atoms with Crippen LogP contribution < -0.4 is 5.32 Å².